The molecule has 1 aromatic carbocycles. The van der Waals surface area contributed by atoms with Gasteiger partial charge in [-0.25, -0.2) is 0 Å². The SMILES string of the molecule is C=CCOc1cc(C(F)(F)F)c(Cl)cc1[C@H](N[S+]([O-])C(C)(C)C)C1CCN(C(=O)[C@H]2COC(C)(C)O2)CC1. The summed E-state index contributed by atoms with van der Waals surface area (Å²) in [4.78, 5) is 14.7. The molecule has 1 unspecified atom stereocenters. The van der Waals surface area contributed by atoms with Gasteiger partial charge >= 0.3 is 6.18 Å². The van der Waals surface area contributed by atoms with Gasteiger partial charge in [-0.2, -0.15) is 13.2 Å². The molecule has 7 nitrogen and oxygen atoms in total. The van der Waals surface area contributed by atoms with E-state index >= 15 is 0 Å². The Labute approximate surface area is 230 Å². The number of benzene rings is 1. The molecule has 0 spiro atoms. The lowest BCUT2D eigenvalue weighted by atomic mass is 9.85. The highest BCUT2D eigenvalue weighted by atomic mass is 35.5. The molecule has 2 aliphatic heterocycles. The molecular formula is C26H36ClF3N2O5S. The van der Waals surface area contributed by atoms with E-state index in [0.717, 1.165) is 6.07 Å². The number of nitrogens with zero attached hydrogens (tertiary/aromatic N) is 1. The van der Waals surface area contributed by atoms with Gasteiger partial charge in [-0.05, 0) is 65.5 Å². The van der Waals surface area contributed by atoms with Crippen molar-refractivity contribution in [3.8, 4) is 5.75 Å². The third-order valence-electron chi connectivity index (χ3n) is 6.49. The summed E-state index contributed by atoms with van der Waals surface area (Å²) in [6.45, 7) is 13.4. The number of rotatable bonds is 8. The van der Waals surface area contributed by atoms with Crippen molar-refractivity contribution >= 4 is 28.9 Å². The molecule has 0 radical (unpaired) electrons. The maximum Gasteiger partial charge on any atom is 0.417 e. The Balaban J connectivity index is 1.90. The van der Waals surface area contributed by atoms with Crippen molar-refractivity contribution in [2.75, 3.05) is 26.3 Å². The molecule has 3 rings (SSSR count). The highest BCUT2D eigenvalue weighted by Gasteiger charge is 2.42. The summed E-state index contributed by atoms with van der Waals surface area (Å²) < 4.78 is 73.4. The Morgan fingerprint density at radius 3 is 2.47 bits per heavy atom. The largest absolute Gasteiger partial charge is 0.598 e. The maximum atomic E-state index is 13.6. The Kier molecular flexibility index (Phi) is 9.75. The van der Waals surface area contributed by atoms with E-state index in [0.29, 0.717) is 31.5 Å². The predicted molar refractivity (Wildman–Crippen MR) is 140 cm³/mol. The standard InChI is InChI=1S/C26H36ClF3N2O5S/c1-7-12-35-20-14-18(26(28,29)30)19(27)13-17(20)22(31-38(34)24(2,3)4)16-8-10-32(11-9-16)23(33)21-15-36-25(5,6)37-21/h7,13-14,16,21-22,31H,1,8-12,15H2,2-6H3/t21-,22-,38?/m1/s1. The quantitative estimate of drug-likeness (QED) is 0.327. The van der Waals surface area contributed by atoms with Crippen LogP contribution in [0.4, 0.5) is 13.2 Å². The smallest absolute Gasteiger partial charge is 0.417 e. The molecule has 12 heteroatoms. The Morgan fingerprint density at radius 2 is 1.97 bits per heavy atom. The van der Waals surface area contributed by atoms with Crippen LogP contribution in [0.25, 0.3) is 0 Å². The van der Waals surface area contributed by atoms with Crippen molar-refractivity contribution in [3.05, 3.63) is 40.9 Å². The summed E-state index contributed by atoms with van der Waals surface area (Å²) >= 11 is 4.56. The second kappa shape index (κ2) is 11.9. The van der Waals surface area contributed by atoms with Gasteiger partial charge in [-0.3, -0.25) is 4.79 Å². The molecule has 1 aromatic rings. The minimum absolute atomic E-state index is 0.0118. The first-order valence-corrected chi connectivity index (χ1v) is 14.0. The van der Waals surface area contributed by atoms with Crippen molar-refractivity contribution < 1.29 is 36.7 Å². The number of carbonyl (C=O) groups excluding carboxylic acids is 1. The van der Waals surface area contributed by atoms with Crippen LogP contribution in [0, 0.1) is 5.92 Å². The summed E-state index contributed by atoms with van der Waals surface area (Å²) in [5.41, 5.74) is -0.638. The van der Waals surface area contributed by atoms with Crippen molar-refractivity contribution in [1.82, 2.24) is 9.62 Å². The van der Waals surface area contributed by atoms with E-state index in [-0.39, 0.29) is 30.8 Å². The van der Waals surface area contributed by atoms with Crippen LogP contribution in [0.1, 0.15) is 64.6 Å². The summed E-state index contributed by atoms with van der Waals surface area (Å²) in [5, 5.41) is -0.472. The highest BCUT2D eigenvalue weighted by Crippen LogP contribution is 2.43. The topological polar surface area (TPSA) is 83.1 Å². The van der Waals surface area contributed by atoms with E-state index in [1.54, 1.807) is 39.5 Å². The highest BCUT2D eigenvalue weighted by molar-refractivity contribution is 7.90. The molecule has 214 valence electrons. The van der Waals surface area contributed by atoms with Gasteiger partial charge in [0.15, 0.2) is 11.9 Å². The number of ether oxygens (including phenoxy) is 3. The minimum atomic E-state index is -4.68. The molecule has 1 amide bonds. The number of hydrogen-bond donors (Lipinski definition) is 1. The van der Waals surface area contributed by atoms with Crippen LogP contribution in [0.15, 0.2) is 24.8 Å². The van der Waals surface area contributed by atoms with Gasteiger partial charge in [0, 0.05) is 30.0 Å². The fourth-order valence-corrected chi connectivity index (χ4v) is 5.66. The van der Waals surface area contributed by atoms with Gasteiger partial charge in [0.2, 0.25) is 0 Å². The fraction of sp³-hybridized carbons (Fsp3) is 0.654. The third kappa shape index (κ3) is 7.57. The molecule has 3 atom stereocenters. The van der Waals surface area contributed by atoms with Crippen LogP contribution in [-0.2, 0) is 31.8 Å². The zero-order chi connectivity index (χ0) is 28.5. The number of carbonyl (C=O) groups is 1. The molecule has 2 fully saturated rings. The number of halogens is 4. The van der Waals surface area contributed by atoms with Crippen molar-refractivity contribution in [3.63, 3.8) is 0 Å². The zero-order valence-corrected chi connectivity index (χ0v) is 23.9. The third-order valence-corrected chi connectivity index (χ3v) is 8.39. The van der Waals surface area contributed by atoms with Gasteiger partial charge in [0.05, 0.1) is 23.2 Å². The van der Waals surface area contributed by atoms with Crippen LogP contribution < -0.4 is 9.46 Å². The van der Waals surface area contributed by atoms with Crippen LogP contribution in [-0.4, -0.2) is 58.3 Å². The van der Waals surface area contributed by atoms with E-state index < -0.39 is 50.8 Å². The molecule has 2 aliphatic rings. The summed E-state index contributed by atoms with van der Waals surface area (Å²) in [6.07, 6.45) is -2.90. The minimum Gasteiger partial charge on any atom is -0.598 e. The van der Waals surface area contributed by atoms with Gasteiger partial charge in [0.25, 0.3) is 5.91 Å². The average molecular weight is 581 g/mol. The predicted octanol–water partition coefficient (Wildman–Crippen LogP) is 5.41. The summed E-state index contributed by atoms with van der Waals surface area (Å²) in [6, 6.07) is 1.48. The van der Waals surface area contributed by atoms with E-state index in [1.807, 2.05) is 0 Å². The van der Waals surface area contributed by atoms with Crippen molar-refractivity contribution in [1.29, 1.82) is 0 Å². The number of hydrogen-bond acceptors (Lipinski definition) is 6. The molecule has 2 saturated heterocycles. The molecule has 0 saturated carbocycles. The van der Waals surface area contributed by atoms with Crippen LogP contribution in [0.5, 0.6) is 5.75 Å². The monoisotopic (exact) mass is 580 g/mol. The molecule has 0 aromatic heterocycles. The van der Waals surface area contributed by atoms with Gasteiger partial charge in [0.1, 0.15) is 17.1 Å². The van der Waals surface area contributed by atoms with Gasteiger partial charge in [-0.15, -0.1) is 4.72 Å². The average Bonchev–Trinajstić information content (AvgIpc) is 3.19. The Morgan fingerprint density at radius 1 is 1.34 bits per heavy atom. The Hall–Kier alpha value is -1.50. The summed E-state index contributed by atoms with van der Waals surface area (Å²) in [7, 11) is 0. The lowest BCUT2D eigenvalue weighted by Gasteiger charge is -2.38. The van der Waals surface area contributed by atoms with Gasteiger partial charge < -0.3 is 23.7 Å². The van der Waals surface area contributed by atoms with Crippen molar-refractivity contribution in [2.24, 2.45) is 5.92 Å². The zero-order valence-electron chi connectivity index (χ0n) is 22.3. The first kappa shape index (κ1) is 31.0. The number of nitrogens with one attached hydrogen (secondary N) is 1. The number of amides is 1. The molecule has 0 bridgehead atoms. The molecule has 1 N–H and O–H groups in total. The van der Waals surface area contributed by atoms with Gasteiger partial charge in [-0.1, -0.05) is 24.3 Å². The number of alkyl halides is 3. The van der Waals surface area contributed by atoms with E-state index in [2.05, 4.69) is 11.3 Å². The molecule has 2 heterocycles. The number of likely N-dealkylation sites (tertiary alicyclic amines) is 1. The second-order valence-electron chi connectivity index (χ2n) is 10.9. The molecule has 38 heavy (non-hydrogen) atoms. The lowest BCUT2D eigenvalue weighted by Crippen LogP contribution is -2.48. The van der Waals surface area contributed by atoms with Crippen LogP contribution in [0.2, 0.25) is 5.02 Å². The summed E-state index contributed by atoms with van der Waals surface area (Å²) in [5.74, 6) is -1.16. The van der Waals surface area contributed by atoms with Crippen molar-refractivity contribution in [2.45, 2.75) is 76.3 Å². The number of piperidine rings is 1. The van der Waals surface area contributed by atoms with Crippen LogP contribution >= 0.6 is 11.6 Å². The van der Waals surface area contributed by atoms with E-state index in [4.69, 9.17) is 25.8 Å². The van der Waals surface area contributed by atoms with E-state index in [1.165, 1.54) is 12.1 Å². The lowest BCUT2D eigenvalue weighted by molar-refractivity contribution is -0.161. The van der Waals surface area contributed by atoms with E-state index in [9.17, 15) is 22.5 Å². The first-order valence-electron chi connectivity index (χ1n) is 12.5. The Bertz CT molecular complexity index is 1010. The maximum absolute atomic E-state index is 13.6. The molecular weight excluding hydrogens is 545 g/mol. The second-order valence-corrected chi connectivity index (χ2v) is 13.3. The molecule has 0 aliphatic carbocycles. The van der Waals surface area contributed by atoms with Crippen LogP contribution in [0.3, 0.4) is 0 Å². The fourth-order valence-electron chi connectivity index (χ4n) is 4.47. The normalized spacial score (nSPS) is 22.3. The first-order chi connectivity index (χ1) is 17.5.